The summed E-state index contributed by atoms with van der Waals surface area (Å²) in [5.74, 6) is 0.370. The molecule has 2 aromatic rings. The van der Waals surface area contributed by atoms with Crippen molar-refractivity contribution in [2.24, 2.45) is 0 Å². The Kier molecular flexibility index (Phi) is 7.17. The highest BCUT2D eigenvalue weighted by atomic mass is 19.4. The molecule has 162 valence electrons. The number of hydrogen-bond donors (Lipinski definition) is 1. The SMILES string of the molecule is COc1cccc(NC(=O)CN2CCN(Cc3ccc(OC(F)(F)F)cc3)CC2)c1. The van der Waals surface area contributed by atoms with Crippen LogP contribution in [0, 0.1) is 0 Å². The fourth-order valence-electron chi connectivity index (χ4n) is 3.26. The highest BCUT2D eigenvalue weighted by Gasteiger charge is 2.31. The molecule has 30 heavy (non-hydrogen) atoms. The summed E-state index contributed by atoms with van der Waals surface area (Å²) in [7, 11) is 1.57. The molecule has 3 rings (SSSR count). The molecule has 0 atom stereocenters. The van der Waals surface area contributed by atoms with Gasteiger partial charge in [-0.25, -0.2) is 0 Å². The smallest absolute Gasteiger partial charge is 0.497 e. The van der Waals surface area contributed by atoms with Crippen molar-refractivity contribution in [3.8, 4) is 11.5 Å². The number of benzene rings is 2. The highest BCUT2D eigenvalue weighted by molar-refractivity contribution is 5.92. The minimum absolute atomic E-state index is 0.0862. The monoisotopic (exact) mass is 423 g/mol. The summed E-state index contributed by atoms with van der Waals surface area (Å²) in [6.07, 6.45) is -4.68. The van der Waals surface area contributed by atoms with E-state index in [9.17, 15) is 18.0 Å². The molecule has 0 aliphatic carbocycles. The molecule has 1 aliphatic rings. The van der Waals surface area contributed by atoms with Gasteiger partial charge in [-0.05, 0) is 29.8 Å². The van der Waals surface area contributed by atoms with E-state index in [4.69, 9.17) is 4.74 Å². The van der Waals surface area contributed by atoms with E-state index in [1.54, 1.807) is 25.3 Å². The van der Waals surface area contributed by atoms with Gasteiger partial charge in [0.15, 0.2) is 0 Å². The number of nitrogens with zero attached hydrogens (tertiary/aromatic N) is 2. The Morgan fingerprint density at radius 3 is 2.30 bits per heavy atom. The topological polar surface area (TPSA) is 54.0 Å². The molecule has 0 aromatic heterocycles. The van der Waals surface area contributed by atoms with Crippen LogP contribution in [0.1, 0.15) is 5.56 Å². The molecule has 0 radical (unpaired) electrons. The summed E-state index contributed by atoms with van der Waals surface area (Å²) in [5, 5.41) is 2.87. The normalized spacial score (nSPS) is 15.6. The summed E-state index contributed by atoms with van der Waals surface area (Å²) >= 11 is 0. The Morgan fingerprint density at radius 1 is 1.00 bits per heavy atom. The summed E-state index contributed by atoms with van der Waals surface area (Å²) in [6, 6.07) is 13.1. The van der Waals surface area contributed by atoms with Crippen LogP contribution < -0.4 is 14.8 Å². The number of piperazine rings is 1. The fraction of sp³-hybridized carbons (Fsp3) is 0.381. The Hall–Kier alpha value is -2.78. The first-order chi connectivity index (χ1) is 14.3. The van der Waals surface area contributed by atoms with E-state index in [1.165, 1.54) is 12.1 Å². The van der Waals surface area contributed by atoms with Crippen LogP contribution in [0.3, 0.4) is 0 Å². The third kappa shape index (κ3) is 6.93. The van der Waals surface area contributed by atoms with Gasteiger partial charge in [-0.15, -0.1) is 13.2 Å². The van der Waals surface area contributed by atoms with E-state index in [2.05, 4.69) is 19.9 Å². The Balaban J connectivity index is 1.41. The van der Waals surface area contributed by atoms with Gasteiger partial charge >= 0.3 is 6.36 Å². The Labute approximate surface area is 173 Å². The number of nitrogens with one attached hydrogen (secondary N) is 1. The number of carbonyl (C=O) groups is 1. The molecule has 1 N–H and O–H groups in total. The lowest BCUT2D eigenvalue weighted by molar-refractivity contribution is -0.274. The lowest BCUT2D eigenvalue weighted by Crippen LogP contribution is -2.48. The summed E-state index contributed by atoms with van der Waals surface area (Å²) in [4.78, 5) is 16.6. The maximum atomic E-state index is 12.3. The summed E-state index contributed by atoms with van der Waals surface area (Å²) < 4.78 is 45.7. The number of hydrogen-bond acceptors (Lipinski definition) is 5. The molecule has 2 aromatic carbocycles. The first-order valence-electron chi connectivity index (χ1n) is 9.54. The van der Waals surface area contributed by atoms with E-state index in [0.29, 0.717) is 24.5 Å². The quantitative estimate of drug-likeness (QED) is 0.740. The first-order valence-corrected chi connectivity index (χ1v) is 9.54. The number of amides is 1. The molecular weight excluding hydrogens is 399 g/mol. The summed E-state index contributed by atoms with van der Waals surface area (Å²) in [6.45, 7) is 3.95. The van der Waals surface area contributed by atoms with E-state index < -0.39 is 6.36 Å². The van der Waals surface area contributed by atoms with Crippen LogP contribution >= 0.6 is 0 Å². The van der Waals surface area contributed by atoms with Crippen LogP contribution in [0.4, 0.5) is 18.9 Å². The minimum Gasteiger partial charge on any atom is -0.497 e. The largest absolute Gasteiger partial charge is 0.573 e. The number of alkyl halides is 3. The molecule has 0 spiro atoms. The zero-order chi connectivity index (χ0) is 21.6. The first kappa shape index (κ1) is 21.9. The van der Waals surface area contributed by atoms with Crippen molar-refractivity contribution in [3.63, 3.8) is 0 Å². The van der Waals surface area contributed by atoms with Gasteiger partial charge < -0.3 is 14.8 Å². The average Bonchev–Trinajstić information content (AvgIpc) is 2.70. The Bertz CT molecular complexity index is 835. The van der Waals surface area contributed by atoms with Crippen LogP contribution in [-0.4, -0.2) is 61.9 Å². The second-order valence-corrected chi connectivity index (χ2v) is 7.02. The second kappa shape index (κ2) is 9.82. The van der Waals surface area contributed by atoms with Crippen molar-refractivity contribution in [3.05, 3.63) is 54.1 Å². The molecule has 1 heterocycles. The predicted molar refractivity (Wildman–Crippen MR) is 106 cm³/mol. The van der Waals surface area contributed by atoms with Gasteiger partial charge in [0.25, 0.3) is 0 Å². The molecule has 0 saturated carbocycles. The third-order valence-electron chi connectivity index (χ3n) is 4.75. The third-order valence-corrected chi connectivity index (χ3v) is 4.75. The second-order valence-electron chi connectivity index (χ2n) is 7.02. The van der Waals surface area contributed by atoms with E-state index in [0.717, 1.165) is 31.7 Å². The molecule has 1 fully saturated rings. The summed E-state index contributed by atoms with van der Waals surface area (Å²) in [5.41, 5.74) is 1.60. The number of halogens is 3. The van der Waals surface area contributed by atoms with Crippen molar-refractivity contribution in [2.45, 2.75) is 12.9 Å². The van der Waals surface area contributed by atoms with Crippen LogP contribution in [0.2, 0.25) is 0 Å². The number of carbonyl (C=O) groups excluding carboxylic acids is 1. The predicted octanol–water partition coefficient (Wildman–Crippen LogP) is 3.35. The zero-order valence-corrected chi connectivity index (χ0v) is 16.6. The molecule has 0 bridgehead atoms. The lowest BCUT2D eigenvalue weighted by Gasteiger charge is -2.34. The molecule has 1 amide bonds. The molecule has 1 saturated heterocycles. The fourth-order valence-corrected chi connectivity index (χ4v) is 3.26. The molecule has 1 aliphatic heterocycles. The maximum absolute atomic E-state index is 12.3. The van der Waals surface area contributed by atoms with Gasteiger partial charge in [0, 0.05) is 44.5 Å². The number of rotatable bonds is 7. The molecule has 0 unspecified atom stereocenters. The van der Waals surface area contributed by atoms with Crippen LogP contribution in [0.25, 0.3) is 0 Å². The van der Waals surface area contributed by atoms with E-state index >= 15 is 0 Å². The van der Waals surface area contributed by atoms with Crippen LogP contribution in [0.5, 0.6) is 11.5 Å². The lowest BCUT2D eigenvalue weighted by atomic mass is 10.2. The average molecular weight is 423 g/mol. The van der Waals surface area contributed by atoms with Crippen molar-refractivity contribution in [1.82, 2.24) is 9.80 Å². The number of ether oxygens (including phenoxy) is 2. The minimum atomic E-state index is -4.68. The van der Waals surface area contributed by atoms with Crippen LogP contribution in [-0.2, 0) is 11.3 Å². The van der Waals surface area contributed by atoms with E-state index in [-0.39, 0.29) is 11.7 Å². The highest BCUT2D eigenvalue weighted by Crippen LogP contribution is 2.23. The van der Waals surface area contributed by atoms with Gasteiger partial charge in [-0.3, -0.25) is 14.6 Å². The van der Waals surface area contributed by atoms with E-state index in [1.807, 2.05) is 18.2 Å². The molecule has 6 nitrogen and oxygen atoms in total. The van der Waals surface area contributed by atoms with Gasteiger partial charge in [0.05, 0.1) is 13.7 Å². The van der Waals surface area contributed by atoms with Crippen molar-refractivity contribution < 1.29 is 27.4 Å². The number of anilines is 1. The molecular formula is C21H24F3N3O3. The van der Waals surface area contributed by atoms with Crippen molar-refractivity contribution in [1.29, 1.82) is 0 Å². The van der Waals surface area contributed by atoms with Crippen molar-refractivity contribution >= 4 is 11.6 Å². The molecule has 9 heteroatoms. The maximum Gasteiger partial charge on any atom is 0.573 e. The Morgan fingerprint density at radius 2 is 1.67 bits per heavy atom. The van der Waals surface area contributed by atoms with Gasteiger partial charge in [0.2, 0.25) is 5.91 Å². The van der Waals surface area contributed by atoms with Crippen molar-refractivity contribution in [2.75, 3.05) is 45.2 Å². The zero-order valence-electron chi connectivity index (χ0n) is 16.6. The van der Waals surface area contributed by atoms with Crippen LogP contribution in [0.15, 0.2) is 48.5 Å². The standard InChI is InChI=1S/C21H24F3N3O3/c1-29-19-4-2-3-17(13-19)25-20(28)15-27-11-9-26(10-12-27)14-16-5-7-18(8-6-16)30-21(22,23)24/h2-8,13H,9-12,14-15H2,1H3,(H,25,28). The van der Waals surface area contributed by atoms with Gasteiger partial charge in [-0.1, -0.05) is 18.2 Å². The number of methoxy groups -OCH3 is 1. The van der Waals surface area contributed by atoms with Gasteiger partial charge in [-0.2, -0.15) is 0 Å². The van der Waals surface area contributed by atoms with Gasteiger partial charge in [0.1, 0.15) is 11.5 Å².